The Morgan fingerprint density at radius 1 is 1.30 bits per heavy atom. The van der Waals surface area contributed by atoms with Crippen molar-refractivity contribution in [2.45, 2.75) is 20.3 Å². The Morgan fingerprint density at radius 2 is 2.09 bits per heavy atom. The van der Waals surface area contributed by atoms with E-state index in [-0.39, 0.29) is 11.7 Å². The average molecular weight is 326 g/mol. The quantitative estimate of drug-likeness (QED) is 0.857. The van der Waals surface area contributed by atoms with Crippen molar-refractivity contribution < 1.29 is 9.59 Å². The molecule has 0 saturated heterocycles. The number of amides is 1. The number of carbonyl (C=O) groups excluding carboxylic acids is 2. The highest BCUT2D eigenvalue weighted by molar-refractivity contribution is 7.12. The third-order valence-corrected chi connectivity index (χ3v) is 4.52. The number of benzene rings is 1. The van der Waals surface area contributed by atoms with Crippen molar-refractivity contribution in [1.29, 1.82) is 0 Å². The van der Waals surface area contributed by atoms with Crippen molar-refractivity contribution in [3.05, 3.63) is 57.6 Å². The first kappa shape index (κ1) is 15.6. The second-order valence-corrected chi connectivity index (χ2v) is 6.81. The first-order valence-electron chi connectivity index (χ1n) is 7.63. The zero-order valence-electron chi connectivity index (χ0n) is 13.1. The van der Waals surface area contributed by atoms with E-state index >= 15 is 0 Å². The summed E-state index contributed by atoms with van der Waals surface area (Å²) in [6, 6.07) is 7.88. The van der Waals surface area contributed by atoms with Crippen LogP contribution >= 0.6 is 11.3 Å². The summed E-state index contributed by atoms with van der Waals surface area (Å²) < 4.78 is 0. The van der Waals surface area contributed by atoms with Gasteiger partial charge in [0.25, 0.3) is 5.91 Å². The summed E-state index contributed by atoms with van der Waals surface area (Å²) >= 11 is 1.22. The molecule has 0 fully saturated rings. The van der Waals surface area contributed by atoms with Crippen LogP contribution < -0.4 is 5.32 Å². The van der Waals surface area contributed by atoms with Crippen molar-refractivity contribution in [2.24, 2.45) is 5.92 Å². The predicted molar refractivity (Wildman–Crippen MR) is 91.7 cm³/mol. The molecule has 1 aliphatic carbocycles. The second-order valence-electron chi connectivity index (χ2n) is 5.95. The van der Waals surface area contributed by atoms with Gasteiger partial charge >= 0.3 is 0 Å². The molecule has 1 heterocycles. The minimum atomic E-state index is -0.227. The number of hydrogen-bond acceptors (Lipinski definition) is 4. The van der Waals surface area contributed by atoms with E-state index in [2.05, 4.69) is 10.3 Å². The lowest BCUT2D eigenvalue weighted by Gasteiger charge is -2.05. The Morgan fingerprint density at radius 3 is 2.87 bits per heavy atom. The van der Waals surface area contributed by atoms with Crippen LogP contribution in [0.4, 0.5) is 0 Å². The molecule has 5 heteroatoms. The molecule has 3 rings (SSSR count). The van der Waals surface area contributed by atoms with Gasteiger partial charge in [0.15, 0.2) is 5.01 Å². The fourth-order valence-corrected chi connectivity index (χ4v) is 3.23. The number of fused-ring (bicyclic) bond motifs is 1. The van der Waals surface area contributed by atoms with Crippen LogP contribution in [0.2, 0.25) is 0 Å². The van der Waals surface area contributed by atoms with Crippen LogP contribution in [0.25, 0.3) is 5.57 Å². The van der Waals surface area contributed by atoms with Gasteiger partial charge in [-0.25, -0.2) is 4.98 Å². The molecular formula is C18H18N2O2S. The molecule has 0 aliphatic heterocycles. The lowest BCUT2D eigenvalue weighted by atomic mass is 10.0. The molecule has 0 bridgehead atoms. The van der Waals surface area contributed by atoms with Gasteiger partial charge in [0.2, 0.25) is 5.78 Å². The molecule has 0 atom stereocenters. The molecule has 0 unspecified atom stereocenters. The van der Waals surface area contributed by atoms with Crippen LogP contribution in [0.5, 0.6) is 0 Å². The van der Waals surface area contributed by atoms with E-state index in [1.165, 1.54) is 11.3 Å². The Bertz CT molecular complexity index is 790. The third kappa shape index (κ3) is 3.24. The van der Waals surface area contributed by atoms with Crippen LogP contribution in [0.15, 0.2) is 35.7 Å². The maximum absolute atomic E-state index is 12.7. The summed E-state index contributed by atoms with van der Waals surface area (Å²) in [7, 11) is 0. The number of Topliss-reactive ketones (excluding diaryl/α,β-unsaturated/α-hetero) is 1. The predicted octanol–water partition coefficient (Wildman–Crippen LogP) is 3.35. The number of rotatable bonds is 5. The monoisotopic (exact) mass is 326 g/mol. The SMILES string of the molecule is CC(C)CNC(=O)c1csc(C(=O)C2=CCc3ccccc32)n1. The number of nitrogens with one attached hydrogen (secondary N) is 1. The fourth-order valence-electron chi connectivity index (χ4n) is 2.48. The minimum Gasteiger partial charge on any atom is -0.350 e. The lowest BCUT2D eigenvalue weighted by Crippen LogP contribution is -2.27. The third-order valence-electron chi connectivity index (χ3n) is 3.68. The standard InChI is InChI=1S/C18H18N2O2S/c1-11(2)9-19-17(22)15-10-23-18(20-15)16(21)14-8-7-12-5-3-4-6-13(12)14/h3-6,8,10-11H,7,9H2,1-2H3,(H,19,22). The van der Waals surface area contributed by atoms with Gasteiger partial charge < -0.3 is 5.32 Å². The molecule has 23 heavy (non-hydrogen) atoms. The van der Waals surface area contributed by atoms with Gasteiger partial charge in [-0.2, -0.15) is 0 Å². The maximum Gasteiger partial charge on any atom is 0.270 e. The molecule has 1 aromatic heterocycles. The highest BCUT2D eigenvalue weighted by Crippen LogP contribution is 2.30. The Balaban J connectivity index is 1.76. The number of allylic oxidation sites excluding steroid dienone is 2. The van der Waals surface area contributed by atoms with Gasteiger partial charge in [-0.05, 0) is 23.5 Å². The van der Waals surface area contributed by atoms with Crippen LogP contribution in [0.1, 0.15) is 45.3 Å². The van der Waals surface area contributed by atoms with Gasteiger partial charge in [0.05, 0.1) is 0 Å². The number of thiazole rings is 1. The Hall–Kier alpha value is -2.27. The highest BCUT2D eigenvalue weighted by atomic mass is 32.1. The number of nitrogens with zero attached hydrogens (tertiary/aromatic N) is 1. The molecule has 1 amide bonds. The molecule has 0 radical (unpaired) electrons. The summed E-state index contributed by atoms with van der Waals surface area (Å²) in [6.07, 6.45) is 2.71. The summed E-state index contributed by atoms with van der Waals surface area (Å²) in [5.74, 6) is 0.0384. The van der Waals surface area contributed by atoms with E-state index in [1.54, 1.807) is 5.38 Å². The first-order chi connectivity index (χ1) is 11.1. The fraction of sp³-hybridized carbons (Fsp3) is 0.278. The average Bonchev–Trinajstić information content (AvgIpc) is 3.19. The second kappa shape index (κ2) is 6.46. The molecule has 1 aromatic carbocycles. The molecule has 1 N–H and O–H groups in total. The Labute approximate surface area is 139 Å². The van der Waals surface area contributed by atoms with E-state index in [9.17, 15) is 9.59 Å². The topological polar surface area (TPSA) is 59.1 Å². The van der Waals surface area contributed by atoms with Crippen molar-refractivity contribution in [3.63, 3.8) is 0 Å². The van der Waals surface area contributed by atoms with Crippen LogP contribution in [0.3, 0.4) is 0 Å². The molecule has 1 aliphatic rings. The zero-order valence-corrected chi connectivity index (χ0v) is 13.9. The van der Waals surface area contributed by atoms with E-state index < -0.39 is 0 Å². The largest absolute Gasteiger partial charge is 0.350 e. The van der Waals surface area contributed by atoms with E-state index in [4.69, 9.17) is 0 Å². The summed E-state index contributed by atoms with van der Waals surface area (Å²) in [4.78, 5) is 28.9. The lowest BCUT2D eigenvalue weighted by molar-refractivity contribution is 0.0944. The van der Waals surface area contributed by atoms with Gasteiger partial charge in [0, 0.05) is 17.5 Å². The zero-order chi connectivity index (χ0) is 16.4. The summed E-state index contributed by atoms with van der Waals surface area (Å²) in [6.45, 7) is 4.65. The highest BCUT2D eigenvalue weighted by Gasteiger charge is 2.24. The summed E-state index contributed by atoms with van der Waals surface area (Å²) in [5.41, 5.74) is 3.12. The first-order valence-corrected chi connectivity index (χ1v) is 8.51. The van der Waals surface area contributed by atoms with Crippen molar-refractivity contribution in [1.82, 2.24) is 10.3 Å². The number of hydrogen-bond donors (Lipinski definition) is 1. The number of carbonyl (C=O) groups is 2. The van der Waals surface area contributed by atoms with Crippen LogP contribution in [0, 0.1) is 5.92 Å². The molecule has 118 valence electrons. The molecule has 0 saturated carbocycles. The van der Waals surface area contributed by atoms with Crippen LogP contribution in [-0.2, 0) is 6.42 Å². The van der Waals surface area contributed by atoms with E-state index in [0.717, 1.165) is 17.5 Å². The van der Waals surface area contributed by atoms with E-state index in [1.807, 2.05) is 44.2 Å². The van der Waals surface area contributed by atoms with Crippen LogP contribution in [-0.4, -0.2) is 23.2 Å². The van der Waals surface area contributed by atoms with Crippen molar-refractivity contribution in [2.75, 3.05) is 6.54 Å². The molecular weight excluding hydrogens is 308 g/mol. The minimum absolute atomic E-state index is 0.108. The van der Waals surface area contributed by atoms with Gasteiger partial charge in [-0.1, -0.05) is 44.2 Å². The molecule has 4 nitrogen and oxygen atoms in total. The smallest absolute Gasteiger partial charge is 0.270 e. The molecule has 2 aromatic rings. The maximum atomic E-state index is 12.7. The van der Waals surface area contributed by atoms with Gasteiger partial charge in [-0.3, -0.25) is 9.59 Å². The molecule has 0 spiro atoms. The Kier molecular flexibility index (Phi) is 4.39. The van der Waals surface area contributed by atoms with Gasteiger partial charge in [0.1, 0.15) is 5.69 Å². The number of aromatic nitrogens is 1. The number of ketones is 1. The van der Waals surface area contributed by atoms with Crippen molar-refractivity contribution in [3.8, 4) is 0 Å². The van der Waals surface area contributed by atoms with E-state index in [0.29, 0.717) is 28.7 Å². The van der Waals surface area contributed by atoms with Crippen molar-refractivity contribution >= 4 is 28.6 Å². The summed E-state index contributed by atoms with van der Waals surface area (Å²) in [5, 5.41) is 4.82. The van der Waals surface area contributed by atoms with Gasteiger partial charge in [-0.15, -0.1) is 11.3 Å². The normalized spacial score (nSPS) is 12.9.